The number of benzene rings is 1. The Morgan fingerprint density at radius 1 is 1.38 bits per heavy atom. The van der Waals surface area contributed by atoms with Crippen molar-refractivity contribution < 1.29 is 9.53 Å². The smallest absolute Gasteiger partial charge is 0.321 e. The lowest BCUT2D eigenvalue weighted by atomic mass is 10.3. The van der Waals surface area contributed by atoms with Gasteiger partial charge in [-0.1, -0.05) is 23.2 Å². The zero-order chi connectivity index (χ0) is 12.3. The molecule has 0 spiro atoms. The third-order valence-corrected chi connectivity index (χ3v) is 2.66. The van der Waals surface area contributed by atoms with Crippen molar-refractivity contribution >= 4 is 34.9 Å². The van der Waals surface area contributed by atoms with E-state index in [1.807, 2.05) is 0 Å². The lowest BCUT2D eigenvalue weighted by Gasteiger charge is -2.13. The second kappa shape index (κ2) is 5.27. The van der Waals surface area contributed by atoms with E-state index in [2.05, 4.69) is 5.32 Å². The number of anilines is 1. The maximum atomic E-state index is 11.4. The molecule has 16 heavy (non-hydrogen) atoms. The van der Waals surface area contributed by atoms with Gasteiger partial charge >= 0.3 is 6.03 Å². The summed E-state index contributed by atoms with van der Waals surface area (Å²) < 4.78 is 5.03. The number of carbonyl (C=O) groups is 1. The van der Waals surface area contributed by atoms with Gasteiger partial charge in [-0.15, -0.1) is 0 Å². The molecule has 0 bridgehead atoms. The summed E-state index contributed by atoms with van der Waals surface area (Å²) in [5, 5.41) is 3.30. The van der Waals surface area contributed by atoms with Crippen LogP contribution in [0.1, 0.15) is 0 Å². The Bertz CT molecular complexity index is 408. The van der Waals surface area contributed by atoms with E-state index in [1.165, 1.54) is 12.0 Å². The molecule has 0 aliphatic heterocycles. The average Bonchev–Trinajstić information content (AvgIpc) is 2.22. The van der Waals surface area contributed by atoms with Crippen molar-refractivity contribution in [1.29, 1.82) is 0 Å². The van der Waals surface area contributed by atoms with Crippen molar-refractivity contribution in [3.05, 3.63) is 22.2 Å². The number of methoxy groups -OCH3 is 1. The minimum atomic E-state index is -0.250. The summed E-state index contributed by atoms with van der Waals surface area (Å²) >= 11 is 11.8. The van der Waals surface area contributed by atoms with Crippen LogP contribution in [0.15, 0.2) is 12.1 Å². The highest BCUT2D eigenvalue weighted by Gasteiger charge is 2.10. The molecular weight excluding hydrogens is 251 g/mol. The number of nitrogens with zero attached hydrogens (tertiary/aromatic N) is 1. The minimum absolute atomic E-state index is 0.250. The molecule has 0 aromatic heterocycles. The lowest BCUT2D eigenvalue weighted by Crippen LogP contribution is -2.27. The summed E-state index contributed by atoms with van der Waals surface area (Å²) in [6.45, 7) is 0. The molecule has 2 amide bonds. The molecule has 4 nitrogen and oxygen atoms in total. The largest absolute Gasteiger partial charge is 0.495 e. The lowest BCUT2D eigenvalue weighted by molar-refractivity contribution is 0.230. The zero-order valence-electron chi connectivity index (χ0n) is 9.17. The van der Waals surface area contributed by atoms with Gasteiger partial charge in [-0.05, 0) is 6.07 Å². The van der Waals surface area contributed by atoms with Crippen LogP contribution in [0.4, 0.5) is 10.5 Å². The molecule has 0 atom stereocenters. The Labute approximate surface area is 104 Å². The summed E-state index contributed by atoms with van der Waals surface area (Å²) in [7, 11) is 4.77. The molecule has 88 valence electrons. The molecule has 1 N–H and O–H groups in total. The monoisotopic (exact) mass is 262 g/mol. The van der Waals surface area contributed by atoms with E-state index in [1.54, 1.807) is 26.2 Å². The van der Waals surface area contributed by atoms with Crippen LogP contribution in [0.5, 0.6) is 5.75 Å². The number of ether oxygens (including phenoxy) is 1. The van der Waals surface area contributed by atoms with E-state index in [0.717, 1.165) is 0 Å². The van der Waals surface area contributed by atoms with Crippen molar-refractivity contribution in [1.82, 2.24) is 4.90 Å². The molecule has 0 saturated heterocycles. The second-order valence-corrected chi connectivity index (χ2v) is 4.08. The number of nitrogens with one attached hydrogen (secondary N) is 1. The van der Waals surface area contributed by atoms with Gasteiger partial charge in [0.1, 0.15) is 10.8 Å². The van der Waals surface area contributed by atoms with Gasteiger partial charge in [-0.2, -0.15) is 0 Å². The number of urea groups is 1. The highest BCUT2D eigenvalue weighted by molar-refractivity contribution is 6.43. The molecule has 0 heterocycles. The maximum Gasteiger partial charge on any atom is 0.321 e. The van der Waals surface area contributed by atoms with Gasteiger partial charge in [0, 0.05) is 25.8 Å². The van der Waals surface area contributed by atoms with Crippen molar-refractivity contribution in [2.75, 3.05) is 26.5 Å². The Hall–Kier alpha value is -1.13. The van der Waals surface area contributed by atoms with Gasteiger partial charge in [0.2, 0.25) is 0 Å². The van der Waals surface area contributed by atoms with Gasteiger partial charge in [0.25, 0.3) is 0 Å². The van der Waals surface area contributed by atoms with Crippen LogP contribution in [0.3, 0.4) is 0 Å². The van der Waals surface area contributed by atoms with Crippen LogP contribution in [-0.4, -0.2) is 32.1 Å². The quantitative estimate of drug-likeness (QED) is 0.890. The first-order valence-corrected chi connectivity index (χ1v) is 5.22. The van der Waals surface area contributed by atoms with E-state index in [4.69, 9.17) is 27.9 Å². The van der Waals surface area contributed by atoms with E-state index < -0.39 is 0 Å². The number of hydrogen-bond acceptors (Lipinski definition) is 2. The van der Waals surface area contributed by atoms with Crippen LogP contribution >= 0.6 is 23.2 Å². The van der Waals surface area contributed by atoms with Gasteiger partial charge in [0.15, 0.2) is 0 Å². The average molecular weight is 263 g/mol. The summed E-state index contributed by atoms with van der Waals surface area (Å²) in [4.78, 5) is 12.8. The van der Waals surface area contributed by atoms with Crippen LogP contribution < -0.4 is 10.1 Å². The summed E-state index contributed by atoms with van der Waals surface area (Å²) in [5.74, 6) is 0.420. The molecule has 0 aliphatic carbocycles. The summed E-state index contributed by atoms with van der Waals surface area (Å²) in [6.07, 6.45) is 0. The fourth-order valence-electron chi connectivity index (χ4n) is 1.02. The molecule has 1 aromatic carbocycles. The molecular formula is C10H12Cl2N2O2. The van der Waals surface area contributed by atoms with Gasteiger partial charge in [0.05, 0.1) is 12.1 Å². The van der Waals surface area contributed by atoms with Crippen LogP contribution in [0.25, 0.3) is 0 Å². The van der Waals surface area contributed by atoms with Gasteiger partial charge in [-0.3, -0.25) is 0 Å². The predicted octanol–water partition coefficient (Wildman–Crippen LogP) is 3.10. The van der Waals surface area contributed by atoms with E-state index in [0.29, 0.717) is 21.5 Å². The van der Waals surface area contributed by atoms with Crippen molar-refractivity contribution in [3.8, 4) is 5.75 Å². The first kappa shape index (κ1) is 12.9. The van der Waals surface area contributed by atoms with Crippen LogP contribution in [-0.2, 0) is 0 Å². The highest BCUT2D eigenvalue weighted by Crippen LogP contribution is 2.35. The number of halogens is 2. The number of hydrogen-bond donors (Lipinski definition) is 1. The van der Waals surface area contributed by atoms with Crippen molar-refractivity contribution in [3.63, 3.8) is 0 Å². The third-order valence-electron chi connectivity index (χ3n) is 1.87. The van der Waals surface area contributed by atoms with Crippen molar-refractivity contribution in [2.24, 2.45) is 0 Å². The molecule has 1 rings (SSSR count). The number of carbonyl (C=O) groups excluding carboxylic acids is 1. The molecule has 6 heteroatoms. The predicted molar refractivity (Wildman–Crippen MR) is 65.7 cm³/mol. The Morgan fingerprint density at radius 3 is 2.50 bits per heavy atom. The first-order valence-electron chi connectivity index (χ1n) is 4.47. The van der Waals surface area contributed by atoms with E-state index >= 15 is 0 Å². The third kappa shape index (κ3) is 2.93. The van der Waals surface area contributed by atoms with Gasteiger partial charge < -0.3 is 15.0 Å². The molecule has 0 unspecified atom stereocenters. The number of amides is 2. The zero-order valence-corrected chi connectivity index (χ0v) is 10.7. The standard InChI is InChI=1S/C10H12Cl2N2O2/c1-14(2)10(15)13-6-4-7(11)9(12)8(5-6)16-3/h4-5H,1-3H3,(H,13,15). The molecule has 0 saturated carbocycles. The second-order valence-electron chi connectivity index (χ2n) is 3.30. The van der Waals surface area contributed by atoms with E-state index in [9.17, 15) is 4.79 Å². The molecule has 0 fully saturated rings. The van der Waals surface area contributed by atoms with Gasteiger partial charge in [-0.25, -0.2) is 4.79 Å². The summed E-state index contributed by atoms with van der Waals surface area (Å²) in [5.41, 5.74) is 0.532. The first-order chi connectivity index (χ1) is 7.45. The van der Waals surface area contributed by atoms with Crippen LogP contribution in [0, 0.1) is 0 Å². The Morgan fingerprint density at radius 2 is 2.00 bits per heavy atom. The topological polar surface area (TPSA) is 41.6 Å². The van der Waals surface area contributed by atoms with Crippen LogP contribution in [0.2, 0.25) is 10.0 Å². The molecule has 1 aromatic rings. The highest BCUT2D eigenvalue weighted by atomic mass is 35.5. The normalized spacial score (nSPS) is 9.81. The number of rotatable bonds is 2. The molecule has 0 radical (unpaired) electrons. The SMILES string of the molecule is COc1cc(NC(=O)N(C)C)cc(Cl)c1Cl. The van der Waals surface area contributed by atoms with E-state index in [-0.39, 0.29) is 6.03 Å². The fraction of sp³-hybridized carbons (Fsp3) is 0.300. The fourth-order valence-corrected chi connectivity index (χ4v) is 1.42. The maximum absolute atomic E-state index is 11.4. The Balaban J connectivity index is 2.98. The minimum Gasteiger partial charge on any atom is -0.495 e. The van der Waals surface area contributed by atoms with Crippen molar-refractivity contribution in [2.45, 2.75) is 0 Å². The Kier molecular flexibility index (Phi) is 4.26. The molecule has 0 aliphatic rings. The summed E-state index contributed by atoms with van der Waals surface area (Å²) in [6, 6.07) is 2.92.